The minimum atomic E-state index is 0.220. The van der Waals surface area contributed by atoms with Gasteiger partial charge in [0.1, 0.15) is 0 Å². The molecular formula is C13H25N5O2. The van der Waals surface area contributed by atoms with E-state index in [1.54, 1.807) is 7.11 Å². The minimum Gasteiger partial charge on any atom is -0.467 e. The van der Waals surface area contributed by atoms with E-state index < -0.39 is 0 Å². The van der Waals surface area contributed by atoms with Crippen LogP contribution in [0.4, 0.5) is 11.9 Å². The summed E-state index contributed by atoms with van der Waals surface area (Å²) in [5, 5.41) is 3.14. The van der Waals surface area contributed by atoms with Crippen molar-refractivity contribution >= 4 is 11.9 Å². The van der Waals surface area contributed by atoms with Gasteiger partial charge in [-0.25, -0.2) is 0 Å². The molecule has 0 aliphatic heterocycles. The second kappa shape index (κ2) is 8.52. The average Bonchev–Trinajstić information content (AvgIpc) is 2.44. The van der Waals surface area contributed by atoms with Crippen LogP contribution in [0, 0.1) is 0 Å². The number of aromatic nitrogens is 3. The first kappa shape index (κ1) is 16.4. The van der Waals surface area contributed by atoms with Crippen LogP contribution in [0.15, 0.2) is 0 Å². The molecule has 0 amide bonds. The fourth-order valence-electron chi connectivity index (χ4n) is 1.45. The van der Waals surface area contributed by atoms with Gasteiger partial charge in [0.15, 0.2) is 0 Å². The van der Waals surface area contributed by atoms with Crippen molar-refractivity contribution in [3.8, 4) is 6.01 Å². The lowest BCUT2D eigenvalue weighted by molar-refractivity contribution is 0.0844. The first-order valence-corrected chi connectivity index (χ1v) is 6.93. The fraction of sp³-hybridized carbons (Fsp3) is 0.769. The quantitative estimate of drug-likeness (QED) is 0.737. The van der Waals surface area contributed by atoms with Crippen molar-refractivity contribution in [3.63, 3.8) is 0 Å². The zero-order valence-electron chi connectivity index (χ0n) is 13.0. The van der Waals surface area contributed by atoms with E-state index in [-0.39, 0.29) is 6.10 Å². The molecule has 0 aliphatic carbocycles. The molecule has 0 fully saturated rings. The molecule has 0 saturated heterocycles. The molecule has 0 aromatic carbocycles. The van der Waals surface area contributed by atoms with Crippen LogP contribution in [0.5, 0.6) is 6.01 Å². The van der Waals surface area contributed by atoms with Crippen LogP contribution in [-0.4, -0.2) is 54.9 Å². The van der Waals surface area contributed by atoms with Crippen LogP contribution in [0.25, 0.3) is 0 Å². The maximum absolute atomic E-state index is 5.53. The highest BCUT2D eigenvalue weighted by molar-refractivity contribution is 5.37. The predicted molar refractivity (Wildman–Crippen MR) is 79.5 cm³/mol. The number of likely N-dealkylation sites (N-methyl/N-ethyl adjacent to an activating group) is 1. The van der Waals surface area contributed by atoms with Crippen LogP contribution < -0.4 is 15.0 Å². The molecule has 20 heavy (non-hydrogen) atoms. The number of methoxy groups -OCH3 is 1. The van der Waals surface area contributed by atoms with E-state index in [1.165, 1.54) is 0 Å². The lowest BCUT2D eigenvalue weighted by Gasteiger charge is -2.18. The minimum absolute atomic E-state index is 0.220. The van der Waals surface area contributed by atoms with Gasteiger partial charge in [-0.15, -0.1) is 0 Å². The van der Waals surface area contributed by atoms with Gasteiger partial charge in [-0.05, 0) is 20.3 Å². The molecule has 0 aliphatic rings. The molecule has 0 saturated carbocycles. The van der Waals surface area contributed by atoms with Crippen LogP contribution in [0.1, 0.15) is 27.2 Å². The Kier molecular flexibility index (Phi) is 7.00. The van der Waals surface area contributed by atoms with E-state index in [0.29, 0.717) is 31.1 Å². The van der Waals surface area contributed by atoms with Crippen molar-refractivity contribution < 1.29 is 9.47 Å². The third-order valence-electron chi connectivity index (χ3n) is 2.54. The Hall–Kier alpha value is -1.63. The molecule has 0 bridgehead atoms. The molecule has 1 rings (SSSR count). The Morgan fingerprint density at radius 2 is 2.00 bits per heavy atom. The molecule has 0 radical (unpaired) electrons. The van der Waals surface area contributed by atoms with Crippen molar-refractivity contribution in [3.05, 3.63) is 0 Å². The first-order valence-electron chi connectivity index (χ1n) is 6.93. The average molecular weight is 283 g/mol. The van der Waals surface area contributed by atoms with Gasteiger partial charge in [-0.3, -0.25) is 0 Å². The Labute approximate surface area is 120 Å². The highest BCUT2D eigenvalue weighted by Crippen LogP contribution is 2.13. The predicted octanol–water partition coefficient (Wildman–Crippen LogP) is 1.56. The number of nitrogens with zero attached hydrogens (tertiary/aromatic N) is 4. The van der Waals surface area contributed by atoms with Gasteiger partial charge < -0.3 is 19.7 Å². The fourth-order valence-corrected chi connectivity index (χ4v) is 1.45. The second-order valence-corrected chi connectivity index (χ2v) is 4.71. The maximum Gasteiger partial charge on any atom is 0.322 e. The van der Waals surface area contributed by atoms with E-state index in [1.807, 2.05) is 25.8 Å². The summed E-state index contributed by atoms with van der Waals surface area (Å²) >= 11 is 0. The highest BCUT2D eigenvalue weighted by atomic mass is 16.5. The van der Waals surface area contributed by atoms with Gasteiger partial charge in [0.25, 0.3) is 0 Å². The second-order valence-electron chi connectivity index (χ2n) is 4.71. The number of nitrogens with one attached hydrogen (secondary N) is 1. The summed E-state index contributed by atoms with van der Waals surface area (Å²) in [6.07, 6.45) is 1.22. The standard InChI is InChI=1S/C13H25N5O2/c1-6-7-14-11-15-12(17-13(16-11)19-5)18(4)8-9-20-10(2)3/h10H,6-9H2,1-5H3,(H,14,15,16,17). The Balaban J connectivity index is 2.70. The van der Waals surface area contributed by atoms with Gasteiger partial charge in [0.05, 0.1) is 19.8 Å². The van der Waals surface area contributed by atoms with Crippen molar-refractivity contribution in [1.82, 2.24) is 15.0 Å². The SMILES string of the molecule is CCCNc1nc(OC)nc(N(C)CCOC(C)C)n1. The Morgan fingerprint density at radius 1 is 1.25 bits per heavy atom. The number of hydrogen-bond donors (Lipinski definition) is 1. The summed E-state index contributed by atoms with van der Waals surface area (Å²) < 4.78 is 10.6. The van der Waals surface area contributed by atoms with Gasteiger partial charge in [0, 0.05) is 20.1 Å². The molecule has 114 valence electrons. The van der Waals surface area contributed by atoms with Crippen LogP contribution in [0.3, 0.4) is 0 Å². The Morgan fingerprint density at radius 3 is 2.60 bits per heavy atom. The molecule has 0 unspecified atom stereocenters. The molecule has 7 heteroatoms. The highest BCUT2D eigenvalue weighted by Gasteiger charge is 2.10. The summed E-state index contributed by atoms with van der Waals surface area (Å²) in [5.74, 6) is 1.10. The maximum atomic E-state index is 5.53. The summed E-state index contributed by atoms with van der Waals surface area (Å²) in [6.45, 7) is 8.25. The van der Waals surface area contributed by atoms with E-state index in [0.717, 1.165) is 13.0 Å². The zero-order chi connectivity index (χ0) is 15.0. The van der Waals surface area contributed by atoms with Gasteiger partial charge >= 0.3 is 6.01 Å². The van der Waals surface area contributed by atoms with Crippen molar-refractivity contribution in [2.45, 2.75) is 33.3 Å². The molecule has 0 atom stereocenters. The van der Waals surface area contributed by atoms with Crippen molar-refractivity contribution in [2.24, 2.45) is 0 Å². The van der Waals surface area contributed by atoms with Crippen molar-refractivity contribution in [1.29, 1.82) is 0 Å². The third kappa shape index (κ3) is 5.56. The van der Waals surface area contributed by atoms with E-state index in [9.17, 15) is 0 Å². The third-order valence-corrected chi connectivity index (χ3v) is 2.54. The smallest absolute Gasteiger partial charge is 0.322 e. The van der Waals surface area contributed by atoms with E-state index >= 15 is 0 Å². The molecule has 1 aromatic heterocycles. The van der Waals surface area contributed by atoms with E-state index in [2.05, 4.69) is 27.2 Å². The zero-order valence-corrected chi connectivity index (χ0v) is 13.0. The van der Waals surface area contributed by atoms with Gasteiger partial charge in [-0.1, -0.05) is 6.92 Å². The molecule has 7 nitrogen and oxygen atoms in total. The lowest BCUT2D eigenvalue weighted by Crippen LogP contribution is -2.26. The van der Waals surface area contributed by atoms with Gasteiger partial charge in [-0.2, -0.15) is 15.0 Å². The normalized spacial score (nSPS) is 10.7. The number of ether oxygens (including phenoxy) is 2. The number of anilines is 2. The summed E-state index contributed by atoms with van der Waals surface area (Å²) in [6, 6.07) is 0.310. The monoisotopic (exact) mass is 283 g/mol. The van der Waals surface area contributed by atoms with Crippen LogP contribution >= 0.6 is 0 Å². The summed E-state index contributed by atoms with van der Waals surface area (Å²) in [7, 11) is 3.46. The van der Waals surface area contributed by atoms with Crippen molar-refractivity contribution in [2.75, 3.05) is 44.1 Å². The van der Waals surface area contributed by atoms with Gasteiger partial charge in [0.2, 0.25) is 11.9 Å². The summed E-state index contributed by atoms with van der Waals surface area (Å²) in [4.78, 5) is 14.7. The Bertz CT molecular complexity index is 400. The molecule has 1 heterocycles. The van der Waals surface area contributed by atoms with Crippen LogP contribution in [-0.2, 0) is 4.74 Å². The largest absolute Gasteiger partial charge is 0.467 e. The summed E-state index contributed by atoms with van der Waals surface area (Å²) in [5.41, 5.74) is 0. The number of rotatable bonds is 9. The topological polar surface area (TPSA) is 72.4 Å². The van der Waals surface area contributed by atoms with E-state index in [4.69, 9.17) is 9.47 Å². The molecule has 0 spiro atoms. The molecule has 1 N–H and O–H groups in total. The molecule has 1 aromatic rings. The van der Waals surface area contributed by atoms with Crippen LogP contribution in [0.2, 0.25) is 0 Å². The lowest BCUT2D eigenvalue weighted by atomic mass is 10.5. The molecular weight excluding hydrogens is 258 g/mol. The first-order chi connectivity index (χ1) is 9.56. The number of hydrogen-bond acceptors (Lipinski definition) is 7.